The van der Waals surface area contributed by atoms with Crippen molar-refractivity contribution in [3.8, 4) is 0 Å². The number of allylic oxidation sites excluding steroid dienone is 1. The van der Waals surface area contributed by atoms with E-state index in [4.69, 9.17) is 0 Å². The van der Waals surface area contributed by atoms with Crippen LogP contribution >= 0.6 is 0 Å². The van der Waals surface area contributed by atoms with Gasteiger partial charge in [0.05, 0.1) is 0 Å². The van der Waals surface area contributed by atoms with Crippen molar-refractivity contribution >= 4 is 0 Å². The van der Waals surface area contributed by atoms with Crippen LogP contribution in [-0.2, 0) is 0 Å². The minimum absolute atomic E-state index is 0.307. The highest BCUT2D eigenvalue weighted by atomic mass is 14.9. The molecule has 50 valence electrons. The van der Waals surface area contributed by atoms with Gasteiger partial charge in [0.15, 0.2) is 0 Å². The van der Waals surface area contributed by atoms with Gasteiger partial charge < -0.3 is 5.32 Å². The van der Waals surface area contributed by atoms with Crippen LogP contribution < -0.4 is 5.32 Å². The Labute approximate surface area is 56.5 Å². The van der Waals surface area contributed by atoms with Crippen LogP contribution in [0.2, 0.25) is 0 Å². The van der Waals surface area contributed by atoms with Gasteiger partial charge in [0.2, 0.25) is 0 Å². The predicted molar refractivity (Wildman–Crippen MR) is 40.1 cm³/mol. The van der Waals surface area contributed by atoms with Crippen LogP contribution in [0, 0.1) is 5.41 Å². The molecule has 0 fully saturated rings. The molecule has 1 heteroatoms. The van der Waals surface area contributed by atoms with Crippen molar-refractivity contribution in [2.45, 2.75) is 13.8 Å². The fourth-order valence-electron chi connectivity index (χ4n) is 0.785. The second-order valence-electron chi connectivity index (χ2n) is 3.20. The Kier molecular flexibility index (Phi) is 1.35. The van der Waals surface area contributed by atoms with E-state index < -0.39 is 0 Å². The van der Waals surface area contributed by atoms with E-state index in [1.165, 1.54) is 0 Å². The summed E-state index contributed by atoms with van der Waals surface area (Å²) >= 11 is 0. The van der Waals surface area contributed by atoms with E-state index in [1.807, 2.05) is 6.08 Å². The van der Waals surface area contributed by atoms with Gasteiger partial charge in [-0.25, -0.2) is 0 Å². The number of hydrogen-bond acceptors (Lipinski definition) is 1. The Bertz CT molecular complexity index is 154. The highest BCUT2D eigenvalue weighted by molar-refractivity contribution is 5.19. The van der Waals surface area contributed by atoms with E-state index in [0.29, 0.717) is 5.41 Å². The largest absolute Gasteiger partial charge is 0.385 e. The molecule has 0 saturated heterocycles. The molecular weight excluding hydrogens is 110 g/mol. The van der Waals surface area contributed by atoms with E-state index >= 15 is 0 Å². The summed E-state index contributed by atoms with van der Waals surface area (Å²) in [5, 5.41) is 3.19. The van der Waals surface area contributed by atoms with Gasteiger partial charge in [0, 0.05) is 17.7 Å². The molecule has 0 aromatic heterocycles. The average molecular weight is 123 g/mol. The summed E-state index contributed by atoms with van der Waals surface area (Å²) in [6, 6.07) is 0. The van der Waals surface area contributed by atoms with Gasteiger partial charge in [0.25, 0.3) is 0 Å². The molecule has 0 aromatic carbocycles. The number of hydrogen-bond donors (Lipinski definition) is 1. The van der Waals surface area contributed by atoms with Gasteiger partial charge in [-0.05, 0) is 6.08 Å². The van der Waals surface area contributed by atoms with Gasteiger partial charge in [0.1, 0.15) is 0 Å². The molecule has 1 nitrogen and oxygen atoms in total. The summed E-state index contributed by atoms with van der Waals surface area (Å²) in [5.74, 6) is 0. The molecule has 0 spiro atoms. The van der Waals surface area contributed by atoms with Crippen LogP contribution in [0.25, 0.3) is 0 Å². The maximum Gasteiger partial charge on any atom is 0.0264 e. The van der Waals surface area contributed by atoms with Crippen molar-refractivity contribution in [3.63, 3.8) is 0 Å². The van der Waals surface area contributed by atoms with Crippen molar-refractivity contribution in [2.75, 3.05) is 6.54 Å². The molecule has 0 unspecified atom stereocenters. The lowest BCUT2D eigenvalue weighted by atomic mass is 9.90. The molecule has 1 heterocycles. The van der Waals surface area contributed by atoms with E-state index in [9.17, 15) is 0 Å². The van der Waals surface area contributed by atoms with Crippen molar-refractivity contribution in [2.24, 2.45) is 5.41 Å². The van der Waals surface area contributed by atoms with Gasteiger partial charge in [-0.2, -0.15) is 0 Å². The number of nitrogens with one attached hydrogen (secondary N) is 1. The van der Waals surface area contributed by atoms with Gasteiger partial charge in [-0.3, -0.25) is 0 Å². The molecule has 0 radical (unpaired) electrons. The van der Waals surface area contributed by atoms with E-state index in [1.54, 1.807) is 0 Å². The molecule has 1 rings (SSSR count). The molecule has 1 N–H and O–H groups in total. The molecule has 1 aliphatic heterocycles. The molecule has 0 aromatic rings. The van der Waals surface area contributed by atoms with Crippen molar-refractivity contribution in [1.29, 1.82) is 0 Å². The average Bonchev–Trinajstić information content (AvgIpc) is 1.78. The molecule has 9 heavy (non-hydrogen) atoms. The topological polar surface area (TPSA) is 12.0 Å². The molecular formula is C8H13N. The fraction of sp³-hybridized carbons (Fsp3) is 0.500. The highest BCUT2D eigenvalue weighted by Crippen LogP contribution is 2.19. The monoisotopic (exact) mass is 123 g/mol. The maximum absolute atomic E-state index is 3.78. The van der Waals surface area contributed by atoms with Crippen LogP contribution in [0.3, 0.4) is 0 Å². The van der Waals surface area contributed by atoms with Crippen LogP contribution in [0.1, 0.15) is 13.8 Å². The minimum Gasteiger partial charge on any atom is -0.385 e. The third-order valence-electron chi connectivity index (χ3n) is 1.51. The summed E-state index contributed by atoms with van der Waals surface area (Å²) in [6.07, 6.45) is 4.22. The first-order chi connectivity index (χ1) is 4.10. The Morgan fingerprint density at radius 1 is 1.67 bits per heavy atom. The molecule has 0 atom stereocenters. The van der Waals surface area contributed by atoms with Gasteiger partial charge >= 0.3 is 0 Å². The second kappa shape index (κ2) is 1.90. The van der Waals surface area contributed by atoms with Gasteiger partial charge in [-0.1, -0.05) is 26.5 Å². The van der Waals surface area contributed by atoms with Crippen molar-refractivity contribution in [3.05, 3.63) is 24.4 Å². The normalized spacial score (nSPS) is 23.6. The zero-order chi connectivity index (χ0) is 6.91. The number of rotatable bonds is 0. The van der Waals surface area contributed by atoms with Crippen LogP contribution in [0.15, 0.2) is 24.4 Å². The first-order valence-electron chi connectivity index (χ1n) is 3.22. The van der Waals surface area contributed by atoms with Crippen molar-refractivity contribution < 1.29 is 0 Å². The standard InChI is InChI=1S/C8H13N/c1-7-4-5-8(2,3)6-9-7/h4-5,9H,1,6H2,2-3H3. The Morgan fingerprint density at radius 3 is 2.67 bits per heavy atom. The van der Waals surface area contributed by atoms with E-state index in [0.717, 1.165) is 12.2 Å². The summed E-state index contributed by atoms with van der Waals surface area (Å²) < 4.78 is 0. The molecule has 1 aliphatic rings. The first-order valence-corrected chi connectivity index (χ1v) is 3.22. The Balaban J connectivity index is 2.69. The Morgan fingerprint density at radius 2 is 2.33 bits per heavy atom. The summed E-state index contributed by atoms with van der Waals surface area (Å²) in [4.78, 5) is 0. The quantitative estimate of drug-likeness (QED) is 0.517. The lowest BCUT2D eigenvalue weighted by Gasteiger charge is -2.25. The maximum atomic E-state index is 3.78. The third-order valence-corrected chi connectivity index (χ3v) is 1.51. The van der Waals surface area contributed by atoms with Gasteiger partial charge in [-0.15, -0.1) is 0 Å². The first kappa shape index (κ1) is 6.40. The summed E-state index contributed by atoms with van der Waals surface area (Å²) in [7, 11) is 0. The molecule has 0 aliphatic carbocycles. The minimum atomic E-state index is 0.307. The molecule has 0 saturated carbocycles. The zero-order valence-electron chi connectivity index (χ0n) is 6.07. The zero-order valence-corrected chi connectivity index (χ0v) is 6.07. The molecule has 0 bridgehead atoms. The molecule has 0 amide bonds. The van der Waals surface area contributed by atoms with E-state index in [-0.39, 0.29) is 0 Å². The lowest BCUT2D eigenvalue weighted by Crippen LogP contribution is -2.29. The summed E-state index contributed by atoms with van der Waals surface area (Å²) in [5.41, 5.74) is 1.33. The highest BCUT2D eigenvalue weighted by Gasteiger charge is 2.16. The van der Waals surface area contributed by atoms with Crippen LogP contribution in [0.4, 0.5) is 0 Å². The predicted octanol–water partition coefficient (Wildman–Crippen LogP) is 1.69. The van der Waals surface area contributed by atoms with E-state index in [2.05, 4.69) is 31.8 Å². The SMILES string of the molecule is C=C1C=CC(C)(C)CN1. The smallest absolute Gasteiger partial charge is 0.0264 e. The van der Waals surface area contributed by atoms with Crippen LogP contribution in [-0.4, -0.2) is 6.54 Å². The van der Waals surface area contributed by atoms with Crippen LogP contribution in [0.5, 0.6) is 0 Å². The third kappa shape index (κ3) is 1.60. The Hall–Kier alpha value is -0.720. The fourth-order valence-corrected chi connectivity index (χ4v) is 0.785. The second-order valence-corrected chi connectivity index (χ2v) is 3.20. The van der Waals surface area contributed by atoms with Crippen molar-refractivity contribution in [1.82, 2.24) is 5.32 Å². The lowest BCUT2D eigenvalue weighted by molar-refractivity contribution is 0.445. The summed E-state index contributed by atoms with van der Waals surface area (Å²) in [6.45, 7) is 9.18.